The molecule has 3 aliphatic heterocycles. The third-order valence-corrected chi connectivity index (χ3v) is 12.2. The minimum absolute atomic E-state index is 0.0752. The number of fused-ring (bicyclic) bond motifs is 1. The lowest BCUT2D eigenvalue weighted by molar-refractivity contribution is -0.134. The minimum atomic E-state index is -0.734. The van der Waals surface area contributed by atoms with E-state index < -0.39 is 23.7 Å². The second-order valence-corrected chi connectivity index (χ2v) is 15.6. The van der Waals surface area contributed by atoms with E-state index in [-0.39, 0.29) is 42.0 Å². The second-order valence-electron chi connectivity index (χ2n) is 15.6. The molecule has 306 valence electrons. The van der Waals surface area contributed by atoms with E-state index in [1.807, 2.05) is 22.9 Å². The third-order valence-electron chi connectivity index (χ3n) is 12.2. The van der Waals surface area contributed by atoms with Crippen LogP contribution >= 0.6 is 0 Å². The number of imide groups is 1. The number of aromatic nitrogens is 5. The van der Waals surface area contributed by atoms with E-state index in [1.165, 1.54) is 13.4 Å². The largest absolute Gasteiger partial charge is 0.494 e. The molecule has 59 heavy (non-hydrogen) atoms. The fourth-order valence-corrected chi connectivity index (χ4v) is 8.79. The van der Waals surface area contributed by atoms with Crippen LogP contribution in [0, 0.1) is 5.82 Å². The standard InChI is InChI=1S/C42H46FN11O5/c1-58-33-3-2-4-34(37(33)43)59-30-12-5-25(6-13-30)38-36-39(44)46-24-47-40(36)54(50-38)27-9-7-26(8-10-27)51-17-19-52(20-18-51)29-22-53(23-29)28-11-14-31(45-21-28)41(56)48-32-15-16-35(55)49-42(32)57/h2-6,11-14,21,24,26-27,29,32H,7-10,15-20,22-23H2,1H3,(H,48,56)(H2,44,46,47)(H,49,55,57). The minimum Gasteiger partial charge on any atom is -0.494 e. The monoisotopic (exact) mass is 803 g/mol. The SMILES string of the molecule is COc1cccc(Oc2ccc(-c3nn(C4CCC(N5CCN(C6CN(c7ccc(C(=O)NC8CCC(=O)NC8=O)nc7)C6)CC5)CC4)c4ncnc(N)c34)cc2)c1F. The Morgan fingerprint density at radius 3 is 2.27 bits per heavy atom. The molecule has 4 N–H and O–H groups in total. The van der Waals surface area contributed by atoms with Crippen molar-refractivity contribution >= 4 is 40.3 Å². The quantitative estimate of drug-likeness (QED) is 0.173. The van der Waals surface area contributed by atoms with Gasteiger partial charge in [0, 0.05) is 63.3 Å². The highest BCUT2D eigenvalue weighted by molar-refractivity contribution is 6.03. The van der Waals surface area contributed by atoms with Crippen molar-refractivity contribution in [2.75, 3.05) is 57.0 Å². The number of methoxy groups -OCH3 is 1. The van der Waals surface area contributed by atoms with Crippen molar-refractivity contribution in [1.29, 1.82) is 0 Å². The average molecular weight is 804 g/mol. The number of nitrogens with one attached hydrogen (secondary N) is 2. The summed E-state index contributed by atoms with van der Waals surface area (Å²) in [4.78, 5) is 56.9. The smallest absolute Gasteiger partial charge is 0.270 e. The normalized spacial score (nSPS) is 21.9. The van der Waals surface area contributed by atoms with Gasteiger partial charge in [0.25, 0.3) is 5.91 Å². The molecule has 1 saturated carbocycles. The molecular weight excluding hydrogens is 758 g/mol. The summed E-state index contributed by atoms with van der Waals surface area (Å²) in [6, 6.07) is 16.1. The van der Waals surface area contributed by atoms with E-state index >= 15 is 0 Å². The van der Waals surface area contributed by atoms with E-state index in [4.69, 9.17) is 20.3 Å². The number of rotatable bonds is 10. The maximum absolute atomic E-state index is 14.7. The van der Waals surface area contributed by atoms with E-state index in [1.54, 1.807) is 42.6 Å². The number of piperazine rings is 1. The van der Waals surface area contributed by atoms with Crippen LogP contribution < -0.4 is 30.7 Å². The van der Waals surface area contributed by atoms with Crippen LogP contribution in [0.2, 0.25) is 0 Å². The van der Waals surface area contributed by atoms with Crippen molar-refractivity contribution in [3.05, 3.63) is 78.6 Å². The predicted molar refractivity (Wildman–Crippen MR) is 217 cm³/mol. The van der Waals surface area contributed by atoms with Gasteiger partial charge in [-0.3, -0.25) is 29.5 Å². The summed E-state index contributed by atoms with van der Waals surface area (Å²) in [5.74, 6) is -0.766. The lowest BCUT2D eigenvalue weighted by atomic mass is 9.89. The van der Waals surface area contributed by atoms with Gasteiger partial charge in [0.2, 0.25) is 17.6 Å². The van der Waals surface area contributed by atoms with Gasteiger partial charge < -0.3 is 25.4 Å². The van der Waals surface area contributed by atoms with Gasteiger partial charge >= 0.3 is 0 Å². The van der Waals surface area contributed by atoms with Gasteiger partial charge in [-0.25, -0.2) is 19.6 Å². The molecule has 9 rings (SSSR count). The van der Waals surface area contributed by atoms with Gasteiger partial charge in [0.05, 0.1) is 30.4 Å². The van der Waals surface area contributed by atoms with E-state index in [0.29, 0.717) is 29.3 Å². The number of hydrogen-bond acceptors (Lipinski definition) is 13. The zero-order valence-electron chi connectivity index (χ0n) is 32.7. The Morgan fingerprint density at radius 2 is 1.58 bits per heavy atom. The zero-order chi connectivity index (χ0) is 40.6. The third kappa shape index (κ3) is 7.74. The molecule has 17 heteroatoms. The molecule has 16 nitrogen and oxygen atoms in total. The number of amides is 3. The number of pyridine rings is 1. The predicted octanol–water partition coefficient (Wildman–Crippen LogP) is 3.94. The molecular formula is C42H46FN11O5. The highest BCUT2D eigenvalue weighted by Crippen LogP contribution is 2.38. The Morgan fingerprint density at radius 1 is 0.864 bits per heavy atom. The van der Waals surface area contributed by atoms with Gasteiger partial charge in [-0.15, -0.1) is 0 Å². The van der Waals surface area contributed by atoms with E-state index in [2.05, 4.69) is 40.3 Å². The molecule has 5 aromatic rings. The molecule has 3 saturated heterocycles. The number of carbonyl (C=O) groups excluding carboxylic acids is 3. The first-order valence-electron chi connectivity index (χ1n) is 20.2. The molecule has 6 heterocycles. The number of benzene rings is 2. The maximum Gasteiger partial charge on any atom is 0.270 e. The van der Waals surface area contributed by atoms with Crippen LogP contribution in [0.5, 0.6) is 17.2 Å². The summed E-state index contributed by atoms with van der Waals surface area (Å²) in [6.45, 7) is 5.93. The van der Waals surface area contributed by atoms with Crippen molar-refractivity contribution in [3.8, 4) is 28.5 Å². The highest BCUT2D eigenvalue weighted by Gasteiger charge is 2.37. The summed E-state index contributed by atoms with van der Waals surface area (Å²) in [5, 5.41) is 10.7. The Hall–Kier alpha value is -6.20. The lowest BCUT2D eigenvalue weighted by Gasteiger charge is -2.50. The molecule has 0 radical (unpaired) electrons. The maximum atomic E-state index is 14.7. The fraction of sp³-hybridized carbons (Fsp3) is 0.405. The molecule has 3 amide bonds. The number of nitrogens with two attached hydrogens (primary N) is 1. The summed E-state index contributed by atoms with van der Waals surface area (Å²) in [6.07, 6.45) is 7.78. The summed E-state index contributed by atoms with van der Waals surface area (Å²) < 4.78 is 27.7. The first kappa shape index (κ1) is 38.3. The number of anilines is 2. The molecule has 1 unspecified atom stereocenters. The topological polar surface area (TPSA) is 186 Å². The Balaban J connectivity index is 0.763. The van der Waals surface area contributed by atoms with Gasteiger partial charge in [0.15, 0.2) is 17.1 Å². The summed E-state index contributed by atoms with van der Waals surface area (Å²) in [7, 11) is 1.42. The molecule has 3 aromatic heterocycles. The Labute approximate surface area is 339 Å². The van der Waals surface area contributed by atoms with Crippen LogP contribution in [0.15, 0.2) is 67.1 Å². The molecule has 0 bridgehead atoms. The van der Waals surface area contributed by atoms with E-state index in [9.17, 15) is 18.8 Å². The summed E-state index contributed by atoms with van der Waals surface area (Å²) >= 11 is 0. The van der Waals surface area contributed by atoms with Crippen LogP contribution in [0.3, 0.4) is 0 Å². The van der Waals surface area contributed by atoms with Gasteiger partial charge in [-0.2, -0.15) is 9.49 Å². The first-order chi connectivity index (χ1) is 28.7. The Bertz CT molecular complexity index is 2350. The molecule has 2 aromatic carbocycles. The van der Waals surface area contributed by atoms with Crippen LogP contribution in [0.25, 0.3) is 22.3 Å². The van der Waals surface area contributed by atoms with Crippen molar-refractivity contribution < 1.29 is 28.2 Å². The zero-order valence-corrected chi connectivity index (χ0v) is 32.7. The molecule has 4 aliphatic rings. The van der Waals surface area contributed by atoms with Crippen molar-refractivity contribution in [1.82, 2.24) is 45.2 Å². The molecule has 1 atom stereocenters. The van der Waals surface area contributed by atoms with E-state index in [0.717, 1.165) is 87.2 Å². The van der Waals surface area contributed by atoms with Crippen LogP contribution in [-0.2, 0) is 9.59 Å². The van der Waals surface area contributed by atoms with Gasteiger partial charge in [0.1, 0.15) is 35.3 Å². The van der Waals surface area contributed by atoms with Crippen molar-refractivity contribution in [3.63, 3.8) is 0 Å². The summed E-state index contributed by atoms with van der Waals surface area (Å²) in [5.41, 5.74) is 9.89. The average Bonchev–Trinajstić information content (AvgIpc) is 3.64. The molecule has 1 aliphatic carbocycles. The van der Waals surface area contributed by atoms with Crippen LogP contribution in [0.4, 0.5) is 15.9 Å². The number of hydrogen-bond donors (Lipinski definition) is 3. The number of carbonyl (C=O) groups is 3. The van der Waals surface area contributed by atoms with Crippen LogP contribution in [-0.4, -0.2) is 117 Å². The Kier molecular flexibility index (Phi) is 10.5. The molecule has 0 spiro atoms. The first-order valence-corrected chi connectivity index (χ1v) is 20.2. The van der Waals surface area contributed by atoms with Crippen LogP contribution in [0.1, 0.15) is 55.1 Å². The number of nitrogen functional groups attached to an aromatic ring is 1. The lowest BCUT2D eigenvalue weighted by Crippen LogP contribution is -2.64. The fourth-order valence-electron chi connectivity index (χ4n) is 8.79. The highest BCUT2D eigenvalue weighted by atomic mass is 19.1. The number of ether oxygens (including phenoxy) is 2. The van der Waals surface area contributed by atoms with Gasteiger partial charge in [-0.05, 0) is 80.6 Å². The second kappa shape index (κ2) is 16.2. The number of halogens is 1. The van der Waals surface area contributed by atoms with Gasteiger partial charge in [-0.1, -0.05) is 6.07 Å². The number of nitrogens with zero attached hydrogens (tertiary/aromatic N) is 8. The van der Waals surface area contributed by atoms with Crippen molar-refractivity contribution in [2.45, 2.75) is 62.7 Å². The molecule has 4 fully saturated rings. The van der Waals surface area contributed by atoms with Crippen molar-refractivity contribution in [2.24, 2.45) is 0 Å². The number of piperidine rings is 1.